The lowest BCUT2D eigenvalue weighted by molar-refractivity contribution is 0.194. The highest BCUT2D eigenvalue weighted by Gasteiger charge is 2.16. The normalized spacial score (nSPS) is 19.4. The van der Waals surface area contributed by atoms with Gasteiger partial charge in [-0.2, -0.15) is 0 Å². The molecule has 1 aliphatic heterocycles. The standard InChI is InChI=1S/C13H23N/c1-4-14-10-8-13(9-11-14)7-5-6-12(2)3/h12-13H,4,7-11H2,1-3H3. The van der Waals surface area contributed by atoms with Crippen molar-refractivity contribution in [3.05, 3.63) is 0 Å². The molecule has 80 valence electrons. The van der Waals surface area contributed by atoms with E-state index in [-0.39, 0.29) is 0 Å². The Morgan fingerprint density at radius 3 is 2.43 bits per heavy atom. The third-order valence-electron chi connectivity index (χ3n) is 2.94. The monoisotopic (exact) mass is 193 g/mol. The Morgan fingerprint density at radius 1 is 1.29 bits per heavy atom. The van der Waals surface area contributed by atoms with Crippen molar-refractivity contribution < 1.29 is 0 Å². The lowest BCUT2D eigenvalue weighted by atomic mass is 9.93. The molecule has 0 atom stereocenters. The van der Waals surface area contributed by atoms with E-state index in [2.05, 4.69) is 37.5 Å². The van der Waals surface area contributed by atoms with Gasteiger partial charge in [-0.3, -0.25) is 0 Å². The Kier molecular flexibility index (Phi) is 5.04. The maximum atomic E-state index is 3.32. The molecule has 14 heavy (non-hydrogen) atoms. The van der Waals surface area contributed by atoms with Crippen LogP contribution in [0, 0.1) is 23.7 Å². The summed E-state index contributed by atoms with van der Waals surface area (Å²) < 4.78 is 0. The Balaban J connectivity index is 2.20. The summed E-state index contributed by atoms with van der Waals surface area (Å²) in [5.41, 5.74) is 0. The second kappa shape index (κ2) is 6.09. The van der Waals surface area contributed by atoms with Crippen LogP contribution < -0.4 is 0 Å². The zero-order valence-electron chi connectivity index (χ0n) is 9.84. The van der Waals surface area contributed by atoms with Crippen molar-refractivity contribution >= 4 is 0 Å². The van der Waals surface area contributed by atoms with Gasteiger partial charge in [-0.25, -0.2) is 0 Å². The zero-order valence-corrected chi connectivity index (χ0v) is 9.84. The quantitative estimate of drug-likeness (QED) is 0.610. The molecule has 1 rings (SSSR count). The first-order valence-corrected chi connectivity index (χ1v) is 5.93. The molecule has 0 aromatic carbocycles. The molecule has 0 amide bonds. The number of piperidine rings is 1. The second-order valence-corrected chi connectivity index (χ2v) is 4.56. The van der Waals surface area contributed by atoms with E-state index in [1.165, 1.54) is 32.5 Å². The van der Waals surface area contributed by atoms with Gasteiger partial charge in [0.15, 0.2) is 0 Å². The van der Waals surface area contributed by atoms with Crippen molar-refractivity contribution in [1.29, 1.82) is 0 Å². The van der Waals surface area contributed by atoms with Gasteiger partial charge >= 0.3 is 0 Å². The molecule has 1 nitrogen and oxygen atoms in total. The Hall–Kier alpha value is -0.480. The highest BCUT2D eigenvalue weighted by Crippen LogP contribution is 2.19. The van der Waals surface area contributed by atoms with Gasteiger partial charge in [0.1, 0.15) is 0 Å². The number of hydrogen-bond acceptors (Lipinski definition) is 1. The molecule has 0 unspecified atom stereocenters. The smallest absolute Gasteiger partial charge is 0.0146 e. The predicted octanol–water partition coefficient (Wildman–Crippen LogP) is 2.77. The van der Waals surface area contributed by atoms with E-state index in [0.717, 1.165) is 12.3 Å². The van der Waals surface area contributed by atoms with E-state index in [4.69, 9.17) is 0 Å². The van der Waals surface area contributed by atoms with E-state index in [0.29, 0.717) is 5.92 Å². The molecule has 1 heteroatoms. The molecule has 0 aromatic heterocycles. The lowest BCUT2D eigenvalue weighted by Gasteiger charge is -2.29. The maximum Gasteiger partial charge on any atom is 0.0146 e. The summed E-state index contributed by atoms with van der Waals surface area (Å²) in [5, 5.41) is 0. The number of hydrogen-bond donors (Lipinski definition) is 0. The van der Waals surface area contributed by atoms with Crippen molar-refractivity contribution in [1.82, 2.24) is 4.90 Å². The van der Waals surface area contributed by atoms with Crippen LogP contribution in [-0.4, -0.2) is 24.5 Å². The van der Waals surface area contributed by atoms with Crippen LogP contribution in [0.1, 0.15) is 40.0 Å². The topological polar surface area (TPSA) is 3.24 Å². The first kappa shape index (κ1) is 11.6. The summed E-state index contributed by atoms with van der Waals surface area (Å²) in [6, 6.07) is 0. The van der Waals surface area contributed by atoms with E-state index in [1.807, 2.05) is 0 Å². The third kappa shape index (κ3) is 4.15. The fraction of sp³-hybridized carbons (Fsp3) is 0.846. The molecular weight excluding hydrogens is 170 g/mol. The van der Waals surface area contributed by atoms with Crippen LogP contribution in [0.5, 0.6) is 0 Å². The van der Waals surface area contributed by atoms with Crippen LogP contribution in [-0.2, 0) is 0 Å². The van der Waals surface area contributed by atoms with Crippen molar-refractivity contribution in [2.75, 3.05) is 19.6 Å². The molecule has 0 aromatic rings. The van der Waals surface area contributed by atoms with Gasteiger partial charge < -0.3 is 4.90 Å². The van der Waals surface area contributed by atoms with Crippen molar-refractivity contribution in [2.45, 2.75) is 40.0 Å². The average Bonchev–Trinajstić information content (AvgIpc) is 2.18. The summed E-state index contributed by atoms with van der Waals surface area (Å²) >= 11 is 0. The molecule has 0 bridgehead atoms. The molecular formula is C13H23N. The fourth-order valence-electron chi connectivity index (χ4n) is 1.91. The molecule has 0 radical (unpaired) electrons. The SMILES string of the molecule is CCN1CCC(CC#CC(C)C)CC1. The summed E-state index contributed by atoms with van der Waals surface area (Å²) in [7, 11) is 0. The molecule has 0 N–H and O–H groups in total. The predicted molar refractivity (Wildman–Crippen MR) is 62.1 cm³/mol. The second-order valence-electron chi connectivity index (χ2n) is 4.56. The molecule has 1 heterocycles. The van der Waals surface area contributed by atoms with Gasteiger partial charge in [-0.1, -0.05) is 20.8 Å². The zero-order chi connectivity index (χ0) is 10.4. The minimum Gasteiger partial charge on any atom is -0.304 e. The van der Waals surface area contributed by atoms with E-state index in [9.17, 15) is 0 Å². The van der Waals surface area contributed by atoms with Gasteiger partial charge in [0.05, 0.1) is 0 Å². The summed E-state index contributed by atoms with van der Waals surface area (Å²) in [5.74, 6) is 7.97. The molecule has 1 fully saturated rings. The first-order valence-electron chi connectivity index (χ1n) is 5.93. The van der Waals surface area contributed by atoms with E-state index < -0.39 is 0 Å². The number of nitrogens with zero attached hydrogens (tertiary/aromatic N) is 1. The van der Waals surface area contributed by atoms with Gasteiger partial charge in [0.2, 0.25) is 0 Å². The average molecular weight is 193 g/mol. The Labute approximate surface area is 88.9 Å². The van der Waals surface area contributed by atoms with E-state index >= 15 is 0 Å². The third-order valence-corrected chi connectivity index (χ3v) is 2.94. The number of likely N-dealkylation sites (tertiary alicyclic amines) is 1. The minimum atomic E-state index is 0.533. The van der Waals surface area contributed by atoms with Crippen LogP contribution in [0.3, 0.4) is 0 Å². The van der Waals surface area contributed by atoms with Crippen LogP contribution in [0.4, 0.5) is 0 Å². The van der Waals surface area contributed by atoms with Gasteiger partial charge in [-0.15, -0.1) is 11.8 Å². The van der Waals surface area contributed by atoms with Gasteiger partial charge in [0, 0.05) is 12.3 Å². The largest absolute Gasteiger partial charge is 0.304 e. The van der Waals surface area contributed by atoms with Gasteiger partial charge in [0.25, 0.3) is 0 Å². The molecule has 0 saturated carbocycles. The molecule has 1 saturated heterocycles. The number of rotatable bonds is 2. The molecule has 1 aliphatic rings. The first-order chi connectivity index (χ1) is 6.72. The lowest BCUT2D eigenvalue weighted by Crippen LogP contribution is -2.33. The molecule has 0 spiro atoms. The summed E-state index contributed by atoms with van der Waals surface area (Å²) in [4.78, 5) is 2.53. The van der Waals surface area contributed by atoms with Crippen molar-refractivity contribution in [3.63, 3.8) is 0 Å². The highest BCUT2D eigenvalue weighted by atomic mass is 15.1. The van der Waals surface area contributed by atoms with Crippen LogP contribution in [0.2, 0.25) is 0 Å². The van der Waals surface area contributed by atoms with Crippen LogP contribution in [0.15, 0.2) is 0 Å². The summed E-state index contributed by atoms with van der Waals surface area (Å²) in [6.07, 6.45) is 3.82. The Bertz CT molecular complexity index is 201. The van der Waals surface area contributed by atoms with Gasteiger partial charge in [-0.05, 0) is 38.4 Å². The van der Waals surface area contributed by atoms with E-state index in [1.54, 1.807) is 0 Å². The molecule has 0 aliphatic carbocycles. The Morgan fingerprint density at radius 2 is 1.93 bits per heavy atom. The summed E-state index contributed by atoms with van der Waals surface area (Å²) in [6.45, 7) is 10.3. The van der Waals surface area contributed by atoms with Crippen LogP contribution >= 0.6 is 0 Å². The van der Waals surface area contributed by atoms with Crippen molar-refractivity contribution in [2.24, 2.45) is 11.8 Å². The highest BCUT2D eigenvalue weighted by molar-refractivity contribution is 5.02. The maximum absolute atomic E-state index is 3.32. The van der Waals surface area contributed by atoms with Crippen molar-refractivity contribution in [3.8, 4) is 11.8 Å². The van der Waals surface area contributed by atoms with Crippen LogP contribution in [0.25, 0.3) is 0 Å². The fourth-order valence-corrected chi connectivity index (χ4v) is 1.91. The minimum absolute atomic E-state index is 0.533.